The predicted molar refractivity (Wildman–Crippen MR) is 67.3 cm³/mol. The van der Waals surface area contributed by atoms with Gasteiger partial charge < -0.3 is 9.08 Å². The summed E-state index contributed by atoms with van der Waals surface area (Å²) >= 11 is 0. The molecule has 2 heterocycles. The molecule has 9 heteroatoms. The number of alkyl halides is 3. The van der Waals surface area contributed by atoms with Crippen molar-refractivity contribution in [1.82, 2.24) is 4.90 Å². The van der Waals surface area contributed by atoms with E-state index in [1.165, 1.54) is 25.7 Å². The maximum absolute atomic E-state index is 12.5. The Hall–Kier alpha value is -1.25. The van der Waals surface area contributed by atoms with Crippen LogP contribution in [0, 0.1) is 0 Å². The zero-order chi connectivity index (χ0) is 18.0. The van der Waals surface area contributed by atoms with Crippen molar-refractivity contribution in [1.29, 1.82) is 0 Å². The van der Waals surface area contributed by atoms with E-state index < -0.39 is 51.2 Å². The van der Waals surface area contributed by atoms with Gasteiger partial charge in [0.05, 0.1) is 5.54 Å². The van der Waals surface area contributed by atoms with Crippen molar-refractivity contribution in [3.8, 4) is 0 Å². The number of carbonyl (C=O) groups excluding carboxylic acids is 1. The molecule has 2 rings (SSSR count). The van der Waals surface area contributed by atoms with Crippen molar-refractivity contribution in [2.75, 3.05) is 0 Å². The summed E-state index contributed by atoms with van der Waals surface area (Å²) in [6.07, 6.45) is -1.62. The fourth-order valence-corrected chi connectivity index (χ4v) is 3.45. The van der Waals surface area contributed by atoms with E-state index in [1.54, 1.807) is 0 Å². The molecular formula is C12H16F3NO4S. The Morgan fingerprint density at radius 2 is 2.00 bits per heavy atom. The van der Waals surface area contributed by atoms with E-state index in [1.807, 2.05) is 0 Å². The predicted octanol–water partition coefficient (Wildman–Crippen LogP) is 2.30. The first-order chi connectivity index (χ1) is 10.2. The van der Waals surface area contributed by atoms with E-state index in [4.69, 9.17) is 2.74 Å². The van der Waals surface area contributed by atoms with E-state index in [9.17, 15) is 26.4 Å². The van der Waals surface area contributed by atoms with Gasteiger partial charge in [0.1, 0.15) is 5.76 Å². The summed E-state index contributed by atoms with van der Waals surface area (Å²) in [7, 11) is -5.84. The second-order valence-electron chi connectivity index (χ2n) is 5.54. The van der Waals surface area contributed by atoms with Crippen molar-refractivity contribution >= 4 is 16.0 Å². The first kappa shape index (κ1) is 13.4. The third kappa shape index (κ3) is 2.51. The highest BCUT2D eigenvalue weighted by Crippen LogP contribution is 2.50. The fourth-order valence-electron chi connectivity index (χ4n) is 2.97. The first-order valence-electron chi connectivity index (χ1n) is 7.20. The summed E-state index contributed by atoms with van der Waals surface area (Å²) in [6.45, 7) is 4.07. The van der Waals surface area contributed by atoms with Gasteiger partial charge in [-0.05, 0) is 32.7 Å². The van der Waals surface area contributed by atoms with Crippen LogP contribution in [0.1, 0.15) is 42.7 Å². The minimum atomic E-state index is -5.84. The van der Waals surface area contributed by atoms with Crippen LogP contribution >= 0.6 is 0 Å². The van der Waals surface area contributed by atoms with Crippen LogP contribution in [0.4, 0.5) is 13.2 Å². The van der Waals surface area contributed by atoms with Crippen molar-refractivity contribution in [3.05, 3.63) is 11.8 Å². The molecule has 0 aromatic carbocycles. The van der Waals surface area contributed by atoms with Crippen molar-refractivity contribution in [2.24, 2.45) is 0 Å². The molecule has 5 nitrogen and oxygen atoms in total. The fraction of sp³-hybridized carbons (Fsp3) is 0.750. The molecule has 21 heavy (non-hydrogen) atoms. The molecule has 0 N–H and O–H groups in total. The van der Waals surface area contributed by atoms with Gasteiger partial charge in [0, 0.05) is 21.6 Å². The number of nitrogens with zero attached hydrogens (tertiary/aromatic N) is 1. The molecule has 120 valence electrons. The maximum atomic E-state index is 12.5. The monoisotopic (exact) mass is 329 g/mol. The summed E-state index contributed by atoms with van der Waals surface area (Å²) in [5, 5.41) is 0. The number of amides is 1. The van der Waals surface area contributed by atoms with Gasteiger partial charge in [0.2, 0.25) is 5.91 Å². The van der Waals surface area contributed by atoms with Gasteiger partial charge in [-0.25, -0.2) is 0 Å². The van der Waals surface area contributed by atoms with Crippen LogP contribution in [0.3, 0.4) is 0 Å². The van der Waals surface area contributed by atoms with Crippen LogP contribution in [0.2, 0.25) is 0 Å². The van der Waals surface area contributed by atoms with Gasteiger partial charge in [-0.1, -0.05) is 0 Å². The summed E-state index contributed by atoms with van der Waals surface area (Å²) < 4.78 is 80.2. The topological polar surface area (TPSA) is 63.7 Å². The number of hydrogen-bond donors (Lipinski definition) is 0. The molecule has 2 bridgehead atoms. The van der Waals surface area contributed by atoms with Gasteiger partial charge in [-0.15, -0.1) is 0 Å². The van der Waals surface area contributed by atoms with E-state index >= 15 is 0 Å². The molecule has 0 spiro atoms. The number of halogens is 3. The second kappa shape index (κ2) is 4.37. The van der Waals surface area contributed by atoms with Crippen LogP contribution < -0.4 is 0 Å². The molecule has 2 aliphatic heterocycles. The van der Waals surface area contributed by atoms with Crippen LogP contribution in [-0.4, -0.2) is 35.8 Å². The molecule has 1 fully saturated rings. The lowest BCUT2D eigenvalue weighted by atomic mass is 9.90. The molecule has 2 aliphatic rings. The molecule has 0 saturated carbocycles. The summed E-state index contributed by atoms with van der Waals surface area (Å²) in [5.41, 5.74) is -8.31. The lowest BCUT2D eigenvalue weighted by Gasteiger charge is -2.46. The molecule has 1 saturated heterocycles. The lowest BCUT2D eigenvalue weighted by Crippen LogP contribution is -2.55. The quantitative estimate of drug-likeness (QED) is 0.576. The highest BCUT2D eigenvalue weighted by atomic mass is 32.2. The van der Waals surface area contributed by atoms with Crippen molar-refractivity contribution in [2.45, 2.75) is 56.6 Å². The Bertz CT molecular complexity index is 680. The minimum Gasteiger partial charge on any atom is -0.381 e. The highest BCUT2D eigenvalue weighted by molar-refractivity contribution is 7.87. The molecule has 0 aromatic rings. The molecule has 0 aliphatic carbocycles. The molecular weight excluding hydrogens is 311 g/mol. The number of rotatable bonds is 2. The standard InChI is InChI=1S/C12H16F3NO4S/c1-8(17)16-10(2)4-5-11(16,3)7-9(6-10)20-21(18,19)12(13,14)15/h6H,4-5,7H2,1-3H3/i4D,5D. The Morgan fingerprint density at radius 3 is 2.43 bits per heavy atom. The third-order valence-electron chi connectivity index (χ3n) is 3.57. The molecule has 4 unspecified atom stereocenters. The Morgan fingerprint density at radius 1 is 1.43 bits per heavy atom. The van der Waals surface area contributed by atoms with E-state index in [2.05, 4.69) is 4.18 Å². The largest absolute Gasteiger partial charge is 0.534 e. The van der Waals surface area contributed by atoms with Gasteiger partial charge >= 0.3 is 15.6 Å². The Balaban J connectivity index is 2.50. The molecule has 1 amide bonds. The molecule has 0 aromatic heterocycles. The third-order valence-corrected chi connectivity index (χ3v) is 4.57. The summed E-state index contributed by atoms with van der Waals surface area (Å²) in [6, 6.07) is 0. The first-order valence-corrected chi connectivity index (χ1v) is 7.45. The van der Waals surface area contributed by atoms with Crippen LogP contribution in [-0.2, 0) is 19.1 Å². The zero-order valence-corrected chi connectivity index (χ0v) is 12.4. The summed E-state index contributed by atoms with van der Waals surface area (Å²) in [5.74, 6) is -0.951. The Labute approximate surface area is 123 Å². The summed E-state index contributed by atoms with van der Waals surface area (Å²) in [4.78, 5) is 13.2. The second-order valence-corrected chi connectivity index (χ2v) is 7.08. The van der Waals surface area contributed by atoms with Crippen LogP contribution in [0.5, 0.6) is 0 Å². The smallest absolute Gasteiger partial charge is 0.381 e. The van der Waals surface area contributed by atoms with Gasteiger partial charge in [0.25, 0.3) is 0 Å². The van der Waals surface area contributed by atoms with Crippen molar-refractivity contribution in [3.63, 3.8) is 0 Å². The van der Waals surface area contributed by atoms with Crippen LogP contribution in [0.25, 0.3) is 0 Å². The van der Waals surface area contributed by atoms with Crippen molar-refractivity contribution < 1.29 is 33.3 Å². The lowest BCUT2D eigenvalue weighted by molar-refractivity contribution is -0.138. The van der Waals surface area contributed by atoms with Gasteiger partial charge in [-0.2, -0.15) is 21.6 Å². The SMILES string of the molecule is [2H]C1C([2H])C2(C)CC(OS(=O)(=O)C(F)(F)F)=CC1(C)N2C(C)=O. The maximum Gasteiger partial charge on any atom is 0.534 e. The highest BCUT2D eigenvalue weighted by Gasteiger charge is 2.56. The van der Waals surface area contributed by atoms with E-state index in [-0.39, 0.29) is 6.42 Å². The van der Waals surface area contributed by atoms with Crippen LogP contribution in [0.15, 0.2) is 11.8 Å². The van der Waals surface area contributed by atoms with Gasteiger partial charge in [0.15, 0.2) is 0 Å². The average Bonchev–Trinajstić information content (AvgIpc) is 2.41. The van der Waals surface area contributed by atoms with Gasteiger partial charge in [-0.3, -0.25) is 4.79 Å². The number of carbonyl (C=O) groups is 1. The Kier molecular flexibility index (Phi) is 2.79. The van der Waals surface area contributed by atoms with E-state index in [0.717, 1.165) is 6.08 Å². The van der Waals surface area contributed by atoms with E-state index in [0.29, 0.717) is 0 Å². The number of hydrogen-bond acceptors (Lipinski definition) is 4. The zero-order valence-electron chi connectivity index (χ0n) is 13.6. The molecule has 4 atom stereocenters. The number of fused-ring (bicyclic) bond motifs is 2. The minimum absolute atomic E-state index is 0.388. The normalized spacial score (nSPS) is 41.2. The molecule has 0 radical (unpaired) electrons. The average molecular weight is 329 g/mol.